The van der Waals surface area contributed by atoms with Gasteiger partial charge < -0.3 is 16.0 Å². The molecule has 0 aromatic heterocycles. The summed E-state index contributed by atoms with van der Waals surface area (Å²) in [5, 5.41) is 9.72. The average Bonchev–Trinajstić information content (AvgIpc) is 2.70. The van der Waals surface area contributed by atoms with E-state index in [2.05, 4.69) is 16.0 Å². The van der Waals surface area contributed by atoms with Gasteiger partial charge in [0.05, 0.1) is 5.75 Å². The lowest BCUT2D eigenvalue weighted by atomic mass is 10.2. The van der Waals surface area contributed by atoms with Gasteiger partial charge in [-0.1, -0.05) is 35.9 Å². The summed E-state index contributed by atoms with van der Waals surface area (Å²) < 4.78 is 0. The van der Waals surface area contributed by atoms with Crippen LogP contribution in [0.4, 0.5) is 17.1 Å². The van der Waals surface area contributed by atoms with Gasteiger partial charge in [-0.05, 0) is 67.7 Å². The minimum atomic E-state index is -0.0238. The number of thiocarbonyl (C=S) groups is 1. The molecule has 0 unspecified atom stereocenters. The van der Waals surface area contributed by atoms with E-state index in [-0.39, 0.29) is 5.91 Å². The molecule has 0 spiro atoms. The van der Waals surface area contributed by atoms with Gasteiger partial charge in [0.1, 0.15) is 0 Å². The molecule has 0 aliphatic heterocycles. The molecule has 28 heavy (non-hydrogen) atoms. The van der Waals surface area contributed by atoms with Crippen LogP contribution in [0.5, 0.6) is 0 Å². The van der Waals surface area contributed by atoms with Gasteiger partial charge in [-0.25, -0.2) is 0 Å². The highest BCUT2D eigenvalue weighted by Crippen LogP contribution is 2.21. The van der Waals surface area contributed by atoms with E-state index in [9.17, 15) is 4.79 Å². The number of aryl methyl sites for hydroxylation is 1. The topological polar surface area (TPSA) is 53.2 Å². The number of para-hydroxylation sites is 1. The zero-order chi connectivity index (χ0) is 19.8. The number of carbonyl (C=O) groups is 1. The Hall–Kier alpha value is -2.83. The summed E-state index contributed by atoms with van der Waals surface area (Å²) >= 11 is 6.82. The van der Waals surface area contributed by atoms with Crippen molar-refractivity contribution in [3.8, 4) is 0 Å². The molecule has 142 valence electrons. The molecule has 0 bridgehead atoms. The van der Waals surface area contributed by atoms with Crippen molar-refractivity contribution in [3.63, 3.8) is 0 Å². The fourth-order valence-corrected chi connectivity index (χ4v) is 3.37. The third kappa shape index (κ3) is 6.40. The first-order chi connectivity index (χ1) is 13.6. The predicted molar refractivity (Wildman–Crippen MR) is 123 cm³/mol. The lowest BCUT2D eigenvalue weighted by Crippen LogP contribution is -2.18. The fraction of sp³-hybridized carbons (Fsp3) is 0.0909. The van der Waals surface area contributed by atoms with Crippen LogP contribution in [0.1, 0.15) is 5.56 Å². The predicted octanol–water partition coefficient (Wildman–Crippen LogP) is 5.53. The molecule has 3 N–H and O–H groups in total. The summed E-state index contributed by atoms with van der Waals surface area (Å²) in [5.41, 5.74) is 3.81. The van der Waals surface area contributed by atoms with Gasteiger partial charge in [0.25, 0.3) is 0 Å². The second-order valence-electron chi connectivity index (χ2n) is 6.17. The summed E-state index contributed by atoms with van der Waals surface area (Å²) in [6, 6.07) is 25.4. The van der Waals surface area contributed by atoms with Crippen LogP contribution in [-0.2, 0) is 4.79 Å². The molecular formula is C22H21N3OS2. The number of benzene rings is 3. The monoisotopic (exact) mass is 407 g/mol. The number of amides is 1. The van der Waals surface area contributed by atoms with Crippen molar-refractivity contribution in [2.45, 2.75) is 11.8 Å². The molecule has 0 aliphatic rings. The number of anilines is 3. The Bertz CT molecular complexity index is 926. The Morgan fingerprint density at radius 2 is 1.32 bits per heavy atom. The number of hydrogen-bond acceptors (Lipinski definition) is 3. The lowest BCUT2D eigenvalue weighted by molar-refractivity contribution is -0.113. The van der Waals surface area contributed by atoms with Crippen LogP contribution >= 0.6 is 24.0 Å². The SMILES string of the molecule is Cc1ccc(NC(=O)CSc2ccc(NC(=S)Nc3ccccc3)cc2)cc1. The van der Waals surface area contributed by atoms with Crippen molar-refractivity contribution in [3.05, 3.63) is 84.4 Å². The Balaban J connectivity index is 1.45. The molecule has 0 saturated heterocycles. The normalized spacial score (nSPS) is 10.2. The molecule has 0 aliphatic carbocycles. The lowest BCUT2D eigenvalue weighted by Gasteiger charge is -2.11. The second kappa shape index (κ2) is 9.92. The molecular weight excluding hydrogens is 386 g/mol. The summed E-state index contributed by atoms with van der Waals surface area (Å²) in [7, 11) is 0. The highest BCUT2D eigenvalue weighted by Gasteiger charge is 2.05. The van der Waals surface area contributed by atoms with E-state index >= 15 is 0 Å². The molecule has 4 nitrogen and oxygen atoms in total. The van der Waals surface area contributed by atoms with Crippen molar-refractivity contribution in [1.82, 2.24) is 0 Å². The van der Waals surface area contributed by atoms with Crippen molar-refractivity contribution < 1.29 is 4.79 Å². The molecule has 0 radical (unpaired) electrons. The molecule has 3 rings (SSSR count). The smallest absolute Gasteiger partial charge is 0.234 e. The van der Waals surface area contributed by atoms with Gasteiger partial charge >= 0.3 is 0 Å². The Morgan fingerprint density at radius 3 is 1.96 bits per heavy atom. The highest BCUT2D eigenvalue weighted by molar-refractivity contribution is 8.00. The first-order valence-corrected chi connectivity index (χ1v) is 10.2. The van der Waals surface area contributed by atoms with Crippen LogP contribution < -0.4 is 16.0 Å². The van der Waals surface area contributed by atoms with Crippen molar-refractivity contribution >= 4 is 52.1 Å². The van der Waals surface area contributed by atoms with Crippen LogP contribution in [0.2, 0.25) is 0 Å². The maximum atomic E-state index is 12.1. The average molecular weight is 408 g/mol. The van der Waals surface area contributed by atoms with Gasteiger partial charge in [-0.3, -0.25) is 4.79 Å². The zero-order valence-electron chi connectivity index (χ0n) is 15.4. The molecule has 0 heterocycles. The van der Waals surface area contributed by atoms with Crippen LogP contribution in [0, 0.1) is 6.92 Å². The molecule has 0 atom stereocenters. The third-order valence-electron chi connectivity index (χ3n) is 3.85. The molecule has 0 fully saturated rings. The van der Waals surface area contributed by atoms with E-state index in [4.69, 9.17) is 12.2 Å². The van der Waals surface area contributed by atoms with Crippen LogP contribution in [0.15, 0.2) is 83.8 Å². The third-order valence-corrected chi connectivity index (χ3v) is 5.07. The van der Waals surface area contributed by atoms with Crippen LogP contribution in [0.25, 0.3) is 0 Å². The largest absolute Gasteiger partial charge is 0.332 e. The highest BCUT2D eigenvalue weighted by atomic mass is 32.2. The van der Waals surface area contributed by atoms with E-state index in [1.807, 2.05) is 85.8 Å². The number of carbonyl (C=O) groups excluding carboxylic acids is 1. The number of rotatable bonds is 6. The van der Waals surface area contributed by atoms with Crippen molar-refractivity contribution in [2.75, 3.05) is 21.7 Å². The van der Waals surface area contributed by atoms with Gasteiger partial charge in [-0.15, -0.1) is 11.8 Å². The number of nitrogens with one attached hydrogen (secondary N) is 3. The molecule has 0 saturated carbocycles. The van der Waals surface area contributed by atoms with E-state index < -0.39 is 0 Å². The Labute approximate surface area is 174 Å². The number of hydrogen-bond donors (Lipinski definition) is 3. The first kappa shape index (κ1) is 19.9. The van der Waals surface area contributed by atoms with Gasteiger partial charge in [-0.2, -0.15) is 0 Å². The standard InChI is InChI=1S/C22H21N3OS2/c1-16-7-9-18(10-8-16)23-21(26)15-28-20-13-11-19(12-14-20)25-22(27)24-17-5-3-2-4-6-17/h2-14H,15H2,1H3,(H,23,26)(H2,24,25,27). The summed E-state index contributed by atoms with van der Waals surface area (Å²) in [6.07, 6.45) is 0. The quantitative estimate of drug-likeness (QED) is 0.370. The maximum absolute atomic E-state index is 12.1. The van der Waals surface area contributed by atoms with E-state index in [0.717, 1.165) is 22.0 Å². The van der Waals surface area contributed by atoms with E-state index in [0.29, 0.717) is 10.9 Å². The van der Waals surface area contributed by atoms with Crippen LogP contribution in [-0.4, -0.2) is 16.8 Å². The first-order valence-electron chi connectivity index (χ1n) is 8.81. The Morgan fingerprint density at radius 1 is 0.786 bits per heavy atom. The summed E-state index contributed by atoms with van der Waals surface area (Å²) in [5.74, 6) is 0.332. The van der Waals surface area contributed by atoms with Crippen molar-refractivity contribution in [2.24, 2.45) is 0 Å². The van der Waals surface area contributed by atoms with Crippen LogP contribution in [0.3, 0.4) is 0 Å². The van der Waals surface area contributed by atoms with Crippen molar-refractivity contribution in [1.29, 1.82) is 0 Å². The van der Waals surface area contributed by atoms with E-state index in [1.165, 1.54) is 17.3 Å². The van der Waals surface area contributed by atoms with E-state index in [1.54, 1.807) is 0 Å². The molecule has 3 aromatic carbocycles. The minimum absolute atomic E-state index is 0.0238. The van der Waals surface area contributed by atoms with Gasteiger partial charge in [0, 0.05) is 22.0 Å². The maximum Gasteiger partial charge on any atom is 0.234 e. The molecule has 1 amide bonds. The Kier molecular flexibility index (Phi) is 7.06. The van der Waals surface area contributed by atoms with Gasteiger partial charge in [0.15, 0.2) is 5.11 Å². The second-order valence-corrected chi connectivity index (χ2v) is 7.63. The van der Waals surface area contributed by atoms with Gasteiger partial charge in [0.2, 0.25) is 5.91 Å². The zero-order valence-corrected chi connectivity index (χ0v) is 17.1. The number of thioether (sulfide) groups is 1. The summed E-state index contributed by atoms with van der Waals surface area (Å²) in [4.78, 5) is 13.1. The molecule has 6 heteroatoms. The summed E-state index contributed by atoms with van der Waals surface area (Å²) in [6.45, 7) is 2.02. The molecule has 3 aromatic rings. The minimum Gasteiger partial charge on any atom is -0.332 e. The fourth-order valence-electron chi connectivity index (χ4n) is 2.43.